The molecule has 0 aromatic rings. The number of rotatable bonds is 1. The number of fused-ring (bicyclic) bond motifs is 1. The van der Waals surface area contributed by atoms with Gasteiger partial charge in [-0.1, -0.05) is 18.2 Å². The SMILES string of the molecule is C=C1C(=O)O[C@@H]2/C=C(\C)[C@H](OC(C)=O)C/C=C(\C)CC[C@@H]12. The summed E-state index contributed by atoms with van der Waals surface area (Å²) in [5.74, 6) is -0.619. The van der Waals surface area contributed by atoms with Crippen LogP contribution in [0.15, 0.2) is 35.5 Å². The van der Waals surface area contributed by atoms with Crippen LogP contribution in [0.3, 0.4) is 0 Å². The minimum Gasteiger partial charge on any atom is -0.458 e. The van der Waals surface area contributed by atoms with Gasteiger partial charge in [0.1, 0.15) is 12.2 Å². The Balaban J connectivity index is 2.31. The average molecular weight is 290 g/mol. The van der Waals surface area contributed by atoms with Gasteiger partial charge in [0.05, 0.1) is 0 Å². The second-order valence-electron chi connectivity index (χ2n) is 5.84. The number of carbonyl (C=O) groups is 2. The minimum atomic E-state index is -0.320. The molecule has 0 N–H and O–H groups in total. The largest absolute Gasteiger partial charge is 0.458 e. The normalized spacial score (nSPS) is 34.9. The minimum absolute atomic E-state index is 0.00637. The van der Waals surface area contributed by atoms with Gasteiger partial charge >= 0.3 is 11.9 Å². The molecule has 0 unspecified atom stereocenters. The van der Waals surface area contributed by atoms with Crippen LogP contribution < -0.4 is 0 Å². The van der Waals surface area contributed by atoms with Crippen molar-refractivity contribution in [1.29, 1.82) is 0 Å². The van der Waals surface area contributed by atoms with Crippen molar-refractivity contribution in [3.8, 4) is 0 Å². The van der Waals surface area contributed by atoms with E-state index >= 15 is 0 Å². The van der Waals surface area contributed by atoms with E-state index in [0.717, 1.165) is 18.4 Å². The summed E-state index contributed by atoms with van der Waals surface area (Å²) in [5.41, 5.74) is 2.68. The number of esters is 2. The number of hydrogen-bond acceptors (Lipinski definition) is 4. The van der Waals surface area contributed by atoms with E-state index in [-0.39, 0.29) is 30.1 Å². The average Bonchev–Trinajstić information content (AvgIpc) is 2.66. The molecule has 1 aliphatic carbocycles. The highest BCUT2D eigenvalue weighted by Gasteiger charge is 2.37. The molecule has 1 aliphatic heterocycles. The van der Waals surface area contributed by atoms with Crippen molar-refractivity contribution >= 4 is 11.9 Å². The van der Waals surface area contributed by atoms with E-state index in [1.807, 2.05) is 13.0 Å². The summed E-state index contributed by atoms with van der Waals surface area (Å²) < 4.78 is 10.8. The summed E-state index contributed by atoms with van der Waals surface area (Å²) in [6.45, 7) is 9.22. The molecule has 0 bridgehead atoms. The van der Waals surface area contributed by atoms with Crippen molar-refractivity contribution in [1.82, 2.24) is 0 Å². The lowest BCUT2D eigenvalue weighted by atomic mass is 9.87. The zero-order valence-corrected chi connectivity index (χ0v) is 12.8. The van der Waals surface area contributed by atoms with Crippen molar-refractivity contribution in [3.63, 3.8) is 0 Å². The van der Waals surface area contributed by atoms with Crippen molar-refractivity contribution in [2.75, 3.05) is 0 Å². The van der Waals surface area contributed by atoms with Gasteiger partial charge < -0.3 is 9.47 Å². The maximum absolute atomic E-state index is 11.7. The van der Waals surface area contributed by atoms with E-state index in [4.69, 9.17) is 9.47 Å². The third-order valence-corrected chi connectivity index (χ3v) is 4.12. The van der Waals surface area contributed by atoms with Gasteiger partial charge in [0, 0.05) is 24.8 Å². The van der Waals surface area contributed by atoms with E-state index in [0.29, 0.717) is 12.0 Å². The first-order valence-electron chi connectivity index (χ1n) is 7.29. The van der Waals surface area contributed by atoms with Crippen LogP contribution in [0.1, 0.15) is 40.0 Å². The fourth-order valence-corrected chi connectivity index (χ4v) is 2.81. The zero-order chi connectivity index (χ0) is 15.6. The molecule has 0 aromatic heterocycles. The first-order valence-corrected chi connectivity index (χ1v) is 7.29. The summed E-state index contributed by atoms with van der Waals surface area (Å²) in [4.78, 5) is 23.0. The fraction of sp³-hybridized carbons (Fsp3) is 0.529. The molecule has 1 fully saturated rings. The highest BCUT2D eigenvalue weighted by Crippen LogP contribution is 2.34. The summed E-state index contributed by atoms with van der Waals surface area (Å²) in [5, 5.41) is 0. The molecule has 0 radical (unpaired) electrons. The Labute approximate surface area is 125 Å². The Hall–Kier alpha value is -1.84. The predicted molar refractivity (Wildman–Crippen MR) is 79.4 cm³/mol. The van der Waals surface area contributed by atoms with E-state index in [1.165, 1.54) is 12.5 Å². The smallest absolute Gasteiger partial charge is 0.334 e. The van der Waals surface area contributed by atoms with Crippen LogP contribution in [-0.2, 0) is 19.1 Å². The molecule has 0 amide bonds. The lowest BCUT2D eigenvalue weighted by Gasteiger charge is -2.22. The molecule has 0 saturated carbocycles. The van der Waals surface area contributed by atoms with Crippen molar-refractivity contribution < 1.29 is 19.1 Å². The Morgan fingerprint density at radius 1 is 1.43 bits per heavy atom. The Morgan fingerprint density at radius 3 is 2.81 bits per heavy atom. The van der Waals surface area contributed by atoms with E-state index < -0.39 is 0 Å². The van der Waals surface area contributed by atoms with Gasteiger partial charge in [0.25, 0.3) is 0 Å². The molecular formula is C17H22O4. The van der Waals surface area contributed by atoms with Gasteiger partial charge in [-0.3, -0.25) is 4.79 Å². The van der Waals surface area contributed by atoms with Crippen LogP contribution in [0, 0.1) is 5.92 Å². The maximum atomic E-state index is 11.7. The van der Waals surface area contributed by atoms with Crippen LogP contribution in [0.5, 0.6) is 0 Å². The molecule has 4 heteroatoms. The Morgan fingerprint density at radius 2 is 2.14 bits per heavy atom. The van der Waals surface area contributed by atoms with Crippen LogP contribution in [-0.4, -0.2) is 24.1 Å². The van der Waals surface area contributed by atoms with Gasteiger partial charge in [-0.05, 0) is 38.3 Å². The standard InChI is InChI=1S/C17H22O4/c1-10-5-7-14-12(3)17(19)21-16(14)9-11(2)15(8-6-10)20-13(4)18/h6,9,14-16H,3,5,7-8H2,1-2,4H3/b10-6+,11-9+/t14-,15+,16+/m0/s1. The molecule has 21 heavy (non-hydrogen) atoms. The lowest BCUT2D eigenvalue weighted by Crippen LogP contribution is -2.22. The van der Waals surface area contributed by atoms with Crippen LogP contribution >= 0.6 is 0 Å². The van der Waals surface area contributed by atoms with E-state index in [2.05, 4.69) is 19.6 Å². The Bertz CT molecular complexity index is 527. The number of allylic oxidation sites excluding steroid dienone is 1. The van der Waals surface area contributed by atoms with Crippen molar-refractivity contribution in [2.24, 2.45) is 5.92 Å². The lowest BCUT2D eigenvalue weighted by molar-refractivity contribution is -0.144. The molecule has 2 aliphatic rings. The summed E-state index contributed by atoms with van der Waals surface area (Å²) >= 11 is 0. The molecule has 3 atom stereocenters. The number of hydrogen-bond donors (Lipinski definition) is 0. The first-order chi connectivity index (χ1) is 9.88. The monoisotopic (exact) mass is 290 g/mol. The Kier molecular flexibility index (Phi) is 4.66. The van der Waals surface area contributed by atoms with Gasteiger partial charge in [-0.25, -0.2) is 4.79 Å². The molecule has 0 aromatic carbocycles. The third-order valence-electron chi connectivity index (χ3n) is 4.12. The van der Waals surface area contributed by atoms with E-state index in [9.17, 15) is 9.59 Å². The van der Waals surface area contributed by atoms with Gasteiger partial charge in [-0.2, -0.15) is 0 Å². The predicted octanol–water partition coefficient (Wildman–Crippen LogP) is 3.09. The first kappa shape index (κ1) is 15.5. The molecular weight excluding hydrogens is 268 g/mol. The fourth-order valence-electron chi connectivity index (χ4n) is 2.81. The molecule has 1 saturated heterocycles. The van der Waals surface area contributed by atoms with Crippen molar-refractivity contribution in [2.45, 2.75) is 52.2 Å². The third kappa shape index (κ3) is 3.63. The molecule has 114 valence electrons. The maximum Gasteiger partial charge on any atom is 0.334 e. The number of ether oxygens (including phenoxy) is 2. The highest BCUT2D eigenvalue weighted by atomic mass is 16.6. The summed E-state index contributed by atoms with van der Waals surface area (Å²) in [6, 6.07) is 0. The van der Waals surface area contributed by atoms with Crippen LogP contribution in [0.25, 0.3) is 0 Å². The summed E-state index contributed by atoms with van der Waals surface area (Å²) in [6.07, 6.45) is 5.79. The number of carbonyl (C=O) groups excluding carboxylic acids is 2. The van der Waals surface area contributed by atoms with Crippen LogP contribution in [0.2, 0.25) is 0 Å². The molecule has 0 spiro atoms. The molecule has 4 nitrogen and oxygen atoms in total. The summed E-state index contributed by atoms with van der Waals surface area (Å²) in [7, 11) is 0. The van der Waals surface area contributed by atoms with Crippen molar-refractivity contribution in [3.05, 3.63) is 35.5 Å². The van der Waals surface area contributed by atoms with Gasteiger partial charge in [0.15, 0.2) is 0 Å². The topological polar surface area (TPSA) is 52.6 Å². The highest BCUT2D eigenvalue weighted by molar-refractivity contribution is 5.91. The molecule has 1 heterocycles. The van der Waals surface area contributed by atoms with Gasteiger partial charge in [0.2, 0.25) is 0 Å². The quantitative estimate of drug-likeness (QED) is 0.423. The van der Waals surface area contributed by atoms with Crippen LogP contribution in [0.4, 0.5) is 0 Å². The van der Waals surface area contributed by atoms with E-state index in [1.54, 1.807) is 0 Å². The second-order valence-corrected chi connectivity index (χ2v) is 5.84. The second kappa shape index (κ2) is 6.29. The van der Waals surface area contributed by atoms with Gasteiger partial charge in [-0.15, -0.1) is 0 Å². The molecule has 2 rings (SSSR count). The zero-order valence-electron chi connectivity index (χ0n) is 12.8.